The third kappa shape index (κ3) is 5.51. The van der Waals surface area contributed by atoms with Crippen LogP contribution in [0.1, 0.15) is 11.1 Å². The minimum atomic E-state index is -0.261. The van der Waals surface area contributed by atoms with Crippen LogP contribution in [0.5, 0.6) is 17.2 Å². The van der Waals surface area contributed by atoms with Crippen molar-refractivity contribution in [2.75, 3.05) is 19.0 Å². The number of ether oxygens (including phenoxy) is 3. The smallest absolute Gasteiger partial charge is 0.262 e. The van der Waals surface area contributed by atoms with Gasteiger partial charge < -0.3 is 19.5 Å². The molecular formula is C23H23NO4. The predicted octanol–water partition coefficient (Wildman–Crippen LogP) is 4.60. The van der Waals surface area contributed by atoms with Gasteiger partial charge in [-0.2, -0.15) is 0 Å². The first-order chi connectivity index (χ1) is 13.6. The Hall–Kier alpha value is -3.47. The highest BCUT2D eigenvalue weighted by Gasteiger charge is 2.09. The minimum absolute atomic E-state index is 0.117. The zero-order valence-electron chi connectivity index (χ0n) is 16.0. The maximum absolute atomic E-state index is 12.2. The third-order valence-electron chi connectivity index (χ3n) is 4.04. The van der Waals surface area contributed by atoms with E-state index in [0.29, 0.717) is 29.5 Å². The molecule has 0 aliphatic carbocycles. The topological polar surface area (TPSA) is 56.8 Å². The van der Waals surface area contributed by atoms with Gasteiger partial charge in [-0.05, 0) is 42.3 Å². The fourth-order valence-electron chi connectivity index (χ4n) is 2.64. The number of benzene rings is 3. The van der Waals surface area contributed by atoms with Crippen LogP contribution in [0.3, 0.4) is 0 Å². The Kier molecular flexibility index (Phi) is 6.52. The number of methoxy groups -OCH3 is 1. The first-order valence-corrected chi connectivity index (χ1v) is 8.98. The molecule has 1 amide bonds. The predicted molar refractivity (Wildman–Crippen MR) is 109 cm³/mol. The molecule has 0 unspecified atom stereocenters. The Labute approximate surface area is 164 Å². The fraction of sp³-hybridized carbons (Fsp3) is 0.174. The van der Waals surface area contributed by atoms with E-state index in [1.54, 1.807) is 25.3 Å². The highest BCUT2D eigenvalue weighted by Crippen LogP contribution is 2.27. The Bertz CT molecular complexity index is 925. The molecule has 28 heavy (non-hydrogen) atoms. The molecule has 0 aromatic heterocycles. The van der Waals surface area contributed by atoms with E-state index in [9.17, 15) is 4.79 Å². The number of rotatable bonds is 8. The lowest BCUT2D eigenvalue weighted by molar-refractivity contribution is -0.118. The molecule has 3 rings (SSSR count). The molecule has 0 fully saturated rings. The molecule has 0 aliphatic rings. The van der Waals surface area contributed by atoms with E-state index < -0.39 is 0 Å². The van der Waals surface area contributed by atoms with Gasteiger partial charge in [0.05, 0.1) is 7.11 Å². The van der Waals surface area contributed by atoms with Gasteiger partial charge in [-0.25, -0.2) is 0 Å². The highest BCUT2D eigenvalue weighted by atomic mass is 16.5. The SMILES string of the molecule is COc1cc(C)ccc1OCC(=O)Nc1cccc(OCc2ccccc2)c1. The molecule has 0 bridgehead atoms. The molecule has 1 N–H and O–H groups in total. The number of aryl methyl sites for hydroxylation is 1. The molecule has 0 saturated carbocycles. The lowest BCUT2D eigenvalue weighted by Gasteiger charge is -2.12. The Morgan fingerprint density at radius 1 is 0.893 bits per heavy atom. The summed E-state index contributed by atoms with van der Waals surface area (Å²) in [7, 11) is 1.57. The zero-order valence-corrected chi connectivity index (χ0v) is 16.0. The van der Waals surface area contributed by atoms with Crippen LogP contribution in [0, 0.1) is 6.92 Å². The number of amides is 1. The van der Waals surface area contributed by atoms with E-state index in [-0.39, 0.29) is 12.5 Å². The molecule has 0 aliphatic heterocycles. The quantitative estimate of drug-likeness (QED) is 0.623. The van der Waals surface area contributed by atoms with Crippen LogP contribution < -0.4 is 19.5 Å². The van der Waals surface area contributed by atoms with Gasteiger partial charge in [-0.15, -0.1) is 0 Å². The van der Waals surface area contributed by atoms with E-state index in [1.807, 2.05) is 61.5 Å². The Morgan fingerprint density at radius 2 is 1.71 bits per heavy atom. The summed E-state index contributed by atoms with van der Waals surface area (Å²) in [6.07, 6.45) is 0. The van der Waals surface area contributed by atoms with Crippen LogP contribution in [0.2, 0.25) is 0 Å². The van der Waals surface area contributed by atoms with Crippen LogP contribution in [0.15, 0.2) is 72.8 Å². The summed E-state index contributed by atoms with van der Waals surface area (Å²) in [4.78, 5) is 12.2. The number of hydrogen-bond donors (Lipinski definition) is 1. The van der Waals surface area contributed by atoms with Gasteiger partial charge in [0.15, 0.2) is 18.1 Å². The molecule has 0 spiro atoms. The van der Waals surface area contributed by atoms with Crippen molar-refractivity contribution >= 4 is 11.6 Å². The third-order valence-corrected chi connectivity index (χ3v) is 4.04. The molecule has 5 nitrogen and oxygen atoms in total. The summed E-state index contributed by atoms with van der Waals surface area (Å²) in [5.41, 5.74) is 2.79. The van der Waals surface area contributed by atoms with Crippen LogP contribution >= 0.6 is 0 Å². The van der Waals surface area contributed by atoms with Crippen molar-refractivity contribution in [2.45, 2.75) is 13.5 Å². The first-order valence-electron chi connectivity index (χ1n) is 8.98. The molecule has 3 aromatic carbocycles. The van der Waals surface area contributed by atoms with Crippen molar-refractivity contribution in [2.24, 2.45) is 0 Å². The number of hydrogen-bond acceptors (Lipinski definition) is 4. The monoisotopic (exact) mass is 377 g/mol. The number of nitrogens with one attached hydrogen (secondary N) is 1. The fourth-order valence-corrected chi connectivity index (χ4v) is 2.64. The maximum atomic E-state index is 12.2. The Balaban J connectivity index is 1.54. The summed E-state index contributed by atoms with van der Waals surface area (Å²) in [6, 6.07) is 22.7. The van der Waals surface area contributed by atoms with Crippen molar-refractivity contribution in [3.63, 3.8) is 0 Å². The molecule has 5 heteroatoms. The second-order valence-corrected chi connectivity index (χ2v) is 6.29. The summed E-state index contributed by atoms with van der Waals surface area (Å²) in [6.45, 7) is 2.31. The van der Waals surface area contributed by atoms with E-state index in [2.05, 4.69) is 5.32 Å². The molecule has 144 valence electrons. The first kappa shape index (κ1) is 19.3. The van der Waals surface area contributed by atoms with Crippen LogP contribution in [-0.2, 0) is 11.4 Å². The van der Waals surface area contributed by atoms with Gasteiger partial charge in [0.25, 0.3) is 5.91 Å². The molecule has 0 heterocycles. The summed E-state index contributed by atoms with van der Waals surface area (Å²) in [5.74, 6) is 1.55. The van der Waals surface area contributed by atoms with Gasteiger partial charge in [-0.3, -0.25) is 4.79 Å². The Morgan fingerprint density at radius 3 is 2.50 bits per heavy atom. The molecule has 0 radical (unpaired) electrons. The van der Waals surface area contributed by atoms with Gasteiger partial charge >= 0.3 is 0 Å². The second-order valence-electron chi connectivity index (χ2n) is 6.29. The average molecular weight is 377 g/mol. The maximum Gasteiger partial charge on any atom is 0.262 e. The second kappa shape index (κ2) is 9.46. The molecular weight excluding hydrogens is 354 g/mol. The van der Waals surface area contributed by atoms with Crippen molar-refractivity contribution in [3.05, 3.63) is 83.9 Å². The summed E-state index contributed by atoms with van der Waals surface area (Å²) >= 11 is 0. The van der Waals surface area contributed by atoms with E-state index in [4.69, 9.17) is 14.2 Å². The van der Waals surface area contributed by atoms with E-state index in [0.717, 1.165) is 11.1 Å². The molecule has 0 saturated heterocycles. The van der Waals surface area contributed by atoms with E-state index >= 15 is 0 Å². The standard InChI is InChI=1S/C23H23NO4/c1-17-11-12-21(22(13-17)26-2)28-16-23(25)24-19-9-6-10-20(14-19)27-15-18-7-4-3-5-8-18/h3-14H,15-16H2,1-2H3,(H,24,25). The van der Waals surface area contributed by atoms with Crippen LogP contribution in [0.4, 0.5) is 5.69 Å². The largest absolute Gasteiger partial charge is 0.493 e. The van der Waals surface area contributed by atoms with Crippen molar-refractivity contribution in [1.82, 2.24) is 0 Å². The lowest BCUT2D eigenvalue weighted by Crippen LogP contribution is -2.20. The number of carbonyl (C=O) groups is 1. The van der Waals surface area contributed by atoms with E-state index in [1.165, 1.54) is 0 Å². The van der Waals surface area contributed by atoms with Crippen molar-refractivity contribution in [1.29, 1.82) is 0 Å². The van der Waals surface area contributed by atoms with Gasteiger partial charge in [0, 0.05) is 11.8 Å². The minimum Gasteiger partial charge on any atom is -0.493 e. The number of anilines is 1. The average Bonchev–Trinajstić information content (AvgIpc) is 2.72. The zero-order chi connectivity index (χ0) is 19.8. The van der Waals surface area contributed by atoms with Gasteiger partial charge in [-0.1, -0.05) is 42.5 Å². The molecule has 0 atom stereocenters. The van der Waals surface area contributed by atoms with Crippen LogP contribution in [-0.4, -0.2) is 19.6 Å². The lowest BCUT2D eigenvalue weighted by atomic mass is 10.2. The van der Waals surface area contributed by atoms with Gasteiger partial charge in [0.2, 0.25) is 0 Å². The molecule has 3 aromatic rings. The van der Waals surface area contributed by atoms with Crippen molar-refractivity contribution in [3.8, 4) is 17.2 Å². The van der Waals surface area contributed by atoms with Crippen LogP contribution in [0.25, 0.3) is 0 Å². The summed E-state index contributed by atoms with van der Waals surface area (Å²) < 4.78 is 16.7. The van der Waals surface area contributed by atoms with Crippen molar-refractivity contribution < 1.29 is 19.0 Å². The number of carbonyl (C=O) groups excluding carboxylic acids is 1. The normalized spacial score (nSPS) is 10.2. The highest BCUT2D eigenvalue weighted by molar-refractivity contribution is 5.92. The summed E-state index contributed by atoms with van der Waals surface area (Å²) in [5, 5.41) is 2.81. The van der Waals surface area contributed by atoms with Gasteiger partial charge in [0.1, 0.15) is 12.4 Å².